The third-order valence-corrected chi connectivity index (χ3v) is 7.22. The lowest BCUT2D eigenvalue weighted by molar-refractivity contribution is -0.127. The highest BCUT2D eigenvalue weighted by atomic mass is 79.9. The number of aromatic nitrogens is 4. The first-order chi connectivity index (χ1) is 14.7. The number of ketones is 1. The maximum absolute atomic E-state index is 12.3. The van der Waals surface area contributed by atoms with Crippen molar-refractivity contribution in [2.45, 2.75) is 58.9 Å². The standard InChI is InChI=1S/C23H27BrClN5O/c1-4-19(31)23(3)6-5-14(11-23)7-20-27-12-18-21(24)29-30(22(18)28-20)17-9-15(13(2)26)8-16(25)10-17/h8-10,12-14H,4-7,11,26H2,1-3H3/t13-,14-,23+/m0/s1. The lowest BCUT2D eigenvalue weighted by Gasteiger charge is -2.21. The highest BCUT2D eigenvalue weighted by Crippen LogP contribution is 2.44. The first kappa shape index (κ1) is 22.4. The van der Waals surface area contributed by atoms with Gasteiger partial charge in [-0.05, 0) is 71.8 Å². The summed E-state index contributed by atoms with van der Waals surface area (Å²) in [5.41, 5.74) is 8.33. The van der Waals surface area contributed by atoms with E-state index in [4.69, 9.17) is 22.3 Å². The Hall–Kier alpha value is -1.83. The number of carbonyl (C=O) groups excluding carboxylic acids is 1. The second-order valence-electron chi connectivity index (χ2n) is 8.91. The molecule has 0 amide bonds. The predicted molar refractivity (Wildman–Crippen MR) is 126 cm³/mol. The maximum atomic E-state index is 12.3. The van der Waals surface area contributed by atoms with Crippen molar-refractivity contribution >= 4 is 44.3 Å². The van der Waals surface area contributed by atoms with Crippen LogP contribution in [0.5, 0.6) is 0 Å². The number of Topliss-reactive ketones (excluding diaryl/α,β-unsaturated/α-hetero) is 1. The minimum Gasteiger partial charge on any atom is -0.324 e. The summed E-state index contributed by atoms with van der Waals surface area (Å²) in [6.07, 6.45) is 6.04. The van der Waals surface area contributed by atoms with Crippen molar-refractivity contribution in [2.75, 3.05) is 0 Å². The molecule has 0 spiro atoms. The average Bonchev–Trinajstić information content (AvgIpc) is 3.27. The van der Waals surface area contributed by atoms with Crippen molar-refractivity contribution in [2.24, 2.45) is 17.1 Å². The van der Waals surface area contributed by atoms with Gasteiger partial charge in [0.1, 0.15) is 16.2 Å². The Bertz CT molecular complexity index is 1140. The van der Waals surface area contributed by atoms with Gasteiger partial charge in [0.15, 0.2) is 5.65 Å². The zero-order chi connectivity index (χ0) is 22.3. The molecule has 1 aromatic carbocycles. The molecule has 1 aliphatic rings. The molecule has 2 aromatic heterocycles. The number of benzene rings is 1. The molecule has 0 bridgehead atoms. The first-order valence-corrected chi connectivity index (χ1v) is 11.9. The van der Waals surface area contributed by atoms with E-state index in [-0.39, 0.29) is 11.5 Å². The van der Waals surface area contributed by atoms with Crippen LogP contribution in [0.25, 0.3) is 16.7 Å². The van der Waals surface area contributed by atoms with Gasteiger partial charge in [0.2, 0.25) is 0 Å². The van der Waals surface area contributed by atoms with Crippen LogP contribution >= 0.6 is 27.5 Å². The van der Waals surface area contributed by atoms with Crippen LogP contribution in [0.2, 0.25) is 5.02 Å². The van der Waals surface area contributed by atoms with E-state index in [9.17, 15) is 4.79 Å². The molecule has 1 aliphatic carbocycles. The summed E-state index contributed by atoms with van der Waals surface area (Å²) in [4.78, 5) is 21.8. The van der Waals surface area contributed by atoms with Crippen LogP contribution in [-0.2, 0) is 11.2 Å². The SMILES string of the molecule is CCC(=O)[C@]1(C)CC[C@@H](Cc2ncc3c(Br)nn(-c4cc(Cl)cc([C@H](C)N)c4)c3n2)C1. The molecule has 164 valence electrons. The molecule has 4 rings (SSSR count). The highest BCUT2D eigenvalue weighted by Gasteiger charge is 2.40. The summed E-state index contributed by atoms with van der Waals surface area (Å²) in [5.74, 6) is 1.54. The van der Waals surface area contributed by atoms with Crippen LogP contribution < -0.4 is 5.73 Å². The molecular weight excluding hydrogens is 478 g/mol. The molecule has 2 N–H and O–H groups in total. The van der Waals surface area contributed by atoms with E-state index < -0.39 is 0 Å². The van der Waals surface area contributed by atoms with E-state index in [1.165, 1.54) is 0 Å². The van der Waals surface area contributed by atoms with Crippen molar-refractivity contribution in [3.63, 3.8) is 0 Å². The van der Waals surface area contributed by atoms with Gasteiger partial charge in [-0.1, -0.05) is 25.4 Å². The molecule has 1 saturated carbocycles. The van der Waals surface area contributed by atoms with Crippen LogP contribution in [0.4, 0.5) is 0 Å². The summed E-state index contributed by atoms with van der Waals surface area (Å²) >= 11 is 9.87. The number of carbonyl (C=O) groups is 1. The molecule has 0 saturated heterocycles. The predicted octanol–water partition coefficient (Wildman–Crippen LogP) is 5.58. The monoisotopic (exact) mass is 503 g/mol. The Morgan fingerprint density at radius 3 is 2.90 bits per heavy atom. The first-order valence-electron chi connectivity index (χ1n) is 10.7. The lowest BCUT2D eigenvalue weighted by Crippen LogP contribution is -2.24. The van der Waals surface area contributed by atoms with E-state index >= 15 is 0 Å². The number of halogens is 2. The Morgan fingerprint density at radius 1 is 1.42 bits per heavy atom. The number of hydrogen-bond donors (Lipinski definition) is 1. The second-order valence-corrected chi connectivity index (χ2v) is 10.1. The van der Waals surface area contributed by atoms with Crippen molar-refractivity contribution in [3.05, 3.63) is 45.4 Å². The van der Waals surface area contributed by atoms with Gasteiger partial charge in [0.05, 0.1) is 11.1 Å². The highest BCUT2D eigenvalue weighted by molar-refractivity contribution is 9.10. The van der Waals surface area contributed by atoms with Crippen LogP contribution in [0.15, 0.2) is 29.0 Å². The van der Waals surface area contributed by atoms with Gasteiger partial charge in [-0.25, -0.2) is 14.6 Å². The fourth-order valence-corrected chi connectivity index (χ4v) is 5.32. The Labute approximate surface area is 195 Å². The Kier molecular flexibility index (Phi) is 6.21. The fraction of sp³-hybridized carbons (Fsp3) is 0.478. The number of nitrogens with two attached hydrogens (primary N) is 1. The molecule has 0 unspecified atom stereocenters. The summed E-state index contributed by atoms with van der Waals surface area (Å²) in [7, 11) is 0. The molecule has 0 radical (unpaired) electrons. The zero-order valence-electron chi connectivity index (χ0n) is 18.0. The zero-order valence-corrected chi connectivity index (χ0v) is 20.4. The summed E-state index contributed by atoms with van der Waals surface area (Å²) < 4.78 is 2.46. The third kappa shape index (κ3) is 4.41. The summed E-state index contributed by atoms with van der Waals surface area (Å²) in [6, 6.07) is 5.56. The quantitative estimate of drug-likeness (QED) is 0.473. The van der Waals surface area contributed by atoms with E-state index in [0.717, 1.165) is 53.8 Å². The lowest BCUT2D eigenvalue weighted by atomic mass is 9.81. The van der Waals surface area contributed by atoms with Crippen LogP contribution in [-0.4, -0.2) is 25.5 Å². The number of hydrogen-bond acceptors (Lipinski definition) is 5. The maximum Gasteiger partial charge on any atom is 0.167 e. The van der Waals surface area contributed by atoms with E-state index in [1.807, 2.05) is 38.2 Å². The van der Waals surface area contributed by atoms with Gasteiger partial charge in [-0.2, -0.15) is 5.10 Å². The minimum atomic E-state index is -0.204. The van der Waals surface area contributed by atoms with Crippen molar-refractivity contribution in [1.29, 1.82) is 0 Å². The van der Waals surface area contributed by atoms with Crippen molar-refractivity contribution in [1.82, 2.24) is 19.7 Å². The molecule has 0 aliphatic heterocycles. The van der Waals surface area contributed by atoms with Gasteiger partial charge in [0, 0.05) is 35.5 Å². The van der Waals surface area contributed by atoms with Crippen LogP contribution in [0.3, 0.4) is 0 Å². The van der Waals surface area contributed by atoms with Gasteiger partial charge >= 0.3 is 0 Å². The topological polar surface area (TPSA) is 86.7 Å². The number of fused-ring (bicyclic) bond motifs is 1. The summed E-state index contributed by atoms with van der Waals surface area (Å²) in [6.45, 7) is 5.97. The molecule has 3 atom stereocenters. The molecule has 8 heteroatoms. The number of nitrogens with zero attached hydrogens (tertiary/aromatic N) is 4. The van der Waals surface area contributed by atoms with Gasteiger partial charge in [-0.15, -0.1) is 0 Å². The average molecular weight is 505 g/mol. The minimum absolute atomic E-state index is 0.143. The van der Waals surface area contributed by atoms with Gasteiger partial charge in [-0.3, -0.25) is 4.79 Å². The van der Waals surface area contributed by atoms with E-state index in [2.05, 4.69) is 32.9 Å². The van der Waals surface area contributed by atoms with Crippen molar-refractivity contribution < 1.29 is 4.79 Å². The normalized spacial score (nSPS) is 22.2. The Balaban J connectivity index is 1.67. The molecule has 3 aromatic rings. The molecular formula is C23H27BrClN5O. The van der Waals surface area contributed by atoms with E-state index in [0.29, 0.717) is 27.7 Å². The molecule has 31 heavy (non-hydrogen) atoms. The van der Waals surface area contributed by atoms with Crippen molar-refractivity contribution in [3.8, 4) is 5.69 Å². The smallest absolute Gasteiger partial charge is 0.167 e. The molecule has 1 fully saturated rings. The van der Waals surface area contributed by atoms with Gasteiger partial charge < -0.3 is 5.73 Å². The summed E-state index contributed by atoms with van der Waals surface area (Å²) in [5, 5.41) is 6.06. The fourth-order valence-electron chi connectivity index (χ4n) is 4.64. The van der Waals surface area contributed by atoms with Gasteiger partial charge in [0.25, 0.3) is 0 Å². The largest absolute Gasteiger partial charge is 0.324 e. The molecule has 6 nitrogen and oxygen atoms in total. The third-order valence-electron chi connectivity index (χ3n) is 6.41. The van der Waals surface area contributed by atoms with E-state index in [1.54, 1.807) is 4.68 Å². The van der Waals surface area contributed by atoms with Crippen LogP contribution in [0.1, 0.15) is 63.9 Å². The molecule has 2 heterocycles. The van der Waals surface area contributed by atoms with Crippen LogP contribution in [0, 0.1) is 11.3 Å². The number of rotatable bonds is 6. The Morgan fingerprint density at radius 2 is 2.19 bits per heavy atom. The second kappa shape index (κ2) is 8.60.